The molecule has 0 saturated carbocycles. The van der Waals surface area contributed by atoms with Crippen molar-refractivity contribution in [3.05, 3.63) is 22.2 Å². The van der Waals surface area contributed by atoms with Crippen molar-refractivity contribution >= 4 is 17.3 Å². The number of ether oxygens (including phenoxy) is 1. The summed E-state index contributed by atoms with van der Waals surface area (Å²) >= 11 is 5.92. The van der Waals surface area contributed by atoms with E-state index in [2.05, 4.69) is 0 Å². The topological polar surface area (TPSA) is 35.2 Å². The Morgan fingerprint density at radius 1 is 1.58 bits per heavy atom. The van der Waals surface area contributed by atoms with E-state index in [9.17, 15) is 0 Å². The molecule has 1 aliphatic heterocycles. The molecule has 64 valence electrons. The Morgan fingerprint density at radius 2 is 2.33 bits per heavy atom. The maximum absolute atomic E-state index is 5.92. The van der Waals surface area contributed by atoms with Crippen LogP contribution in [0.5, 0.6) is 5.75 Å². The molecule has 1 aromatic rings. The van der Waals surface area contributed by atoms with E-state index in [1.165, 1.54) is 0 Å². The number of aryl methyl sites for hydroxylation is 1. The van der Waals surface area contributed by atoms with Crippen LogP contribution in [-0.2, 0) is 6.42 Å². The molecular formula is C9H10ClNO. The molecule has 3 heteroatoms. The van der Waals surface area contributed by atoms with E-state index in [1.807, 2.05) is 13.0 Å². The second-order valence-corrected chi connectivity index (χ2v) is 3.40. The summed E-state index contributed by atoms with van der Waals surface area (Å²) in [7, 11) is 0. The first-order chi connectivity index (χ1) is 5.70. The maximum atomic E-state index is 5.92. The van der Waals surface area contributed by atoms with Gasteiger partial charge < -0.3 is 10.5 Å². The summed E-state index contributed by atoms with van der Waals surface area (Å²) in [5.74, 6) is 0.928. The number of halogens is 1. The molecule has 0 aromatic heterocycles. The molecule has 0 fully saturated rings. The zero-order valence-electron chi connectivity index (χ0n) is 6.86. The van der Waals surface area contributed by atoms with Crippen molar-refractivity contribution in [1.82, 2.24) is 0 Å². The van der Waals surface area contributed by atoms with Crippen molar-refractivity contribution < 1.29 is 4.74 Å². The Labute approximate surface area is 76.3 Å². The van der Waals surface area contributed by atoms with Gasteiger partial charge in [0, 0.05) is 12.0 Å². The van der Waals surface area contributed by atoms with Gasteiger partial charge in [0.05, 0.1) is 17.3 Å². The molecule has 0 unspecified atom stereocenters. The third kappa shape index (κ3) is 0.950. The van der Waals surface area contributed by atoms with Gasteiger partial charge in [-0.25, -0.2) is 0 Å². The molecule has 2 N–H and O–H groups in total. The highest BCUT2D eigenvalue weighted by Crippen LogP contribution is 2.37. The predicted octanol–water partition coefficient (Wildman–Crippen LogP) is 2.17. The van der Waals surface area contributed by atoms with Crippen molar-refractivity contribution in [2.45, 2.75) is 13.3 Å². The van der Waals surface area contributed by atoms with Gasteiger partial charge in [-0.05, 0) is 18.6 Å². The van der Waals surface area contributed by atoms with E-state index in [0.717, 1.165) is 29.9 Å². The second kappa shape index (κ2) is 2.56. The summed E-state index contributed by atoms with van der Waals surface area (Å²) in [4.78, 5) is 0. The van der Waals surface area contributed by atoms with Crippen LogP contribution in [0.3, 0.4) is 0 Å². The summed E-state index contributed by atoms with van der Waals surface area (Å²) in [5, 5.41) is 0.636. The fourth-order valence-electron chi connectivity index (χ4n) is 1.54. The molecule has 12 heavy (non-hydrogen) atoms. The molecule has 2 rings (SSSR count). The molecule has 2 nitrogen and oxygen atoms in total. The van der Waals surface area contributed by atoms with Gasteiger partial charge in [-0.15, -0.1) is 0 Å². The van der Waals surface area contributed by atoms with Gasteiger partial charge in [0.25, 0.3) is 0 Å². The van der Waals surface area contributed by atoms with Gasteiger partial charge in [-0.1, -0.05) is 11.6 Å². The SMILES string of the molecule is Cc1cc(Cl)c(N)c2c1OCC2. The third-order valence-corrected chi connectivity index (χ3v) is 2.47. The third-order valence-electron chi connectivity index (χ3n) is 2.16. The van der Waals surface area contributed by atoms with Crippen LogP contribution in [0, 0.1) is 6.92 Å². The molecule has 0 spiro atoms. The number of benzene rings is 1. The largest absolute Gasteiger partial charge is 0.493 e. The van der Waals surface area contributed by atoms with Gasteiger partial charge in [0.15, 0.2) is 0 Å². The first kappa shape index (κ1) is 7.74. The summed E-state index contributed by atoms with van der Waals surface area (Å²) < 4.78 is 5.43. The standard InChI is InChI=1S/C9H10ClNO/c1-5-4-7(10)8(11)6-2-3-12-9(5)6/h4H,2-3,11H2,1H3. The Hall–Kier alpha value is -0.890. The average Bonchev–Trinajstić information content (AvgIpc) is 2.48. The van der Waals surface area contributed by atoms with Gasteiger partial charge in [0.2, 0.25) is 0 Å². The first-order valence-corrected chi connectivity index (χ1v) is 4.28. The monoisotopic (exact) mass is 183 g/mol. The highest BCUT2D eigenvalue weighted by Gasteiger charge is 2.19. The zero-order valence-corrected chi connectivity index (χ0v) is 7.61. The summed E-state index contributed by atoms with van der Waals surface area (Å²) in [5.41, 5.74) is 8.61. The number of anilines is 1. The molecule has 1 aliphatic rings. The minimum Gasteiger partial charge on any atom is -0.493 e. The van der Waals surface area contributed by atoms with Crippen LogP contribution in [0.1, 0.15) is 11.1 Å². The van der Waals surface area contributed by atoms with E-state index in [0.29, 0.717) is 10.7 Å². The molecule has 0 aliphatic carbocycles. The maximum Gasteiger partial charge on any atom is 0.127 e. The highest BCUT2D eigenvalue weighted by molar-refractivity contribution is 6.33. The number of hydrogen-bond acceptors (Lipinski definition) is 2. The Balaban J connectivity index is 2.69. The van der Waals surface area contributed by atoms with E-state index < -0.39 is 0 Å². The average molecular weight is 184 g/mol. The molecule has 1 aromatic carbocycles. The number of hydrogen-bond donors (Lipinski definition) is 1. The molecule has 0 bridgehead atoms. The van der Waals surface area contributed by atoms with Crippen LogP contribution < -0.4 is 10.5 Å². The van der Waals surface area contributed by atoms with Gasteiger partial charge >= 0.3 is 0 Å². The first-order valence-electron chi connectivity index (χ1n) is 3.90. The Bertz CT molecular complexity index is 336. The normalized spacial score (nSPS) is 14.2. The summed E-state index contributed by atoms with van der Waals surface area (Å²) in [6, 6.07) is 1.85. The lowest BCUT2D eigenvalue weighted by atomic mass is 10.1. The zero-order chi connectivity index (χ0) is 8.72. The van der Waals surface area contributed by atoms with E-state index in [4.69, 9.17) is 22.1 Å². The lowest BCUT2D eigenvalue weighted by Gasteiger charge is -2.07. The van der Waals surface area contributed by atoms with Crippen molar-refractivity contribution in [3.8, 4) is 5.75 Å². The van der Waals surface area contributed by atoms with Crippen molar-refractivity contribution in [3.63, 3.8) is 0 Å². The van der Waals surface area contributed by atoms with Crippen LogP contribution >= 0.6 is 11.6 Å². The summed E-state index contributed by atoms with van der Waals surface area (Å²) in [6.07, 6.45) is 0.878. The molecule has 0 saturated heterocycles. The molecule has 0 radical (unpaired) electrons. The predicted molar refractivity (Wildman–Crippen MR) is 49.8 cm³/mol. The van der Waals surface area contributed by atoms with Crippen molar-refractivity contribution in [2.24, 2.45) is 0 Å². The molecule has 0 atom stereocenters. The number of rotatable bonds is 0. The van der Waals surface area contributed by atoms with Crippen LogP contribution in [0.2, 0.25) is 5.02 Å². The minimum absolute atomic E-state index is 0.636. The van der Waals surface area contributed by atoms with E-state index >= 15 is 0 Å². The number of fused-ring (bicyclic) bond motifs is 1. The lowest BCUT2D eigenvalue weighted by Crippen LogP contribution is -1.93. The van der Waals surface area contributed by atoms with Gasteiger partial charge in [-0.3, -0.25) is 0 Å². The Morgan fingerprint density at radius 3 is 3.08 bits per heavy atom. The second-order valence-electron chi connectivity index (χ2n) is 3.00. The summed E-state index contributed by atoms with van der Waals surface area (Å²) in [6.45, 7) is 2.70. The van der Waals surface area contributed by atoms with Gasteiger partial charge in [0.1, 0.15) is 5.75 Å². The van der Waals surface area contributed by atoms with Crippen LogP contribution in [0.15, 0.2) is 6.07 Å². The van der Waals surface area contributed by atoms with Crippen LogP contribution in [0.4, 0.5) is 5.69 Å². The quantitative estimate of drug-likeness (QED) is 0.626. The van der Waals surface area contributed by atoms with Crippen LogP contribution in [-0.4, -0.2) is 6.61 Å². The van der Waals surface area contributed by atoms with Crippen molar-refractivity contribution in [2.75, 3.05) is 12.3 Å². The van der Waals surface area contributed by atoms with Crippen molar-refractivity contribution in [1.29, 1.82) is 0 Å². The fraction of sp³-hybridized carbons (Fsp3) is 0.333. The molecular weight excluding hydrogens is 174 g/mol. The molecule has 1 heterocycles. The van der Waals surface area contributed by atoms with E-state index in [1.54, 1.807) is 0 Å². The molecule has 0 amide bonds. The highest BCUT2D eigenvalue weighted by atomic mass is 35.5. The van der Waals surface area contributed by atoms with Gasteiger partial charge in [-0.2, -0.15) is 0 Å². The Kier molecular flexibility index (Phi) is 1.65. The smallest absolute Gasteiger partial charge is 0.127 e. The number of nitrogen functional groups attached to an aromatic ring is 1. The minimum atomic E-state index is 0.636. The van der Waals surface area contributed by atoms with Crippen LogP contribution in [0.25, 0.3) is 0 Å². The fourth-order valence-corrected chi connectivity index (χ4v) is 1.82. The van der Waals surface area contributed by atoms with E-state index in [-0.39, 0.29) is 0 Å². The number of nitrogens with two attached hydrogens (primary N) is 1. The lowest BCUT2D eigenvalue weighted by molar-refractivity contribution is 0.354.